The second kappa shape index (κ2) is 5.20. The van der Waals surface area contributed by atoms with Crippen molar-refractivity contribution in [2.45, 2.75) is 37.8 Å². The molecule has 0 bridgehead atoms. The molecule has 98 valence electrons. The Morgan fingerprint density at radius 2 is 2.11 bits per heavy atom. The number of rotatable bonds is 3. The predicted molar refractivity (Wildman–Crippen MR) is 75.8 cm³/mol. The second-order valence-electron chi connectivity index (χ2n) is 5.88. The quantitative estimate of drug-likeness (QED) is 0.910. The topological polar surface area (TPSA) is 29.3 Å². The van der Waals surface area contributed by atoms with Crippen LogP contribution >= 0.6 is 11.6 Å². The number of nitrogens with zero attached hydrogens (tertiary/aromatic N) is 1. The molecule has 1 aliphatic carbocycles. The van der Waals surface area contributed by atoms with E-state index < -0.39 is 0 Å². The van der Waals surface area contributed by atoms with Gasteiger partial charge in [0.05, 0.1) is 0 Å². The molecule has 1 heterocycles. The first kappa shape index (κ1) is 12.5. The van der Waals surface area contributed by atoms with Crippen LogP contribution in [0.1, 0.15) is 24.8 Å². The molecule has 3 heteroatoms. The van der Waals surface area contributed by atoms with Crippen LogP contribution in [0, 0.1) is 5.92 Å². The third-order valence-electron chi connectivity index (χ3n) is 4.07. The Morgan fingerprint density at radius 1 is 1.28 bits per heavy atom. The number of benzene rings is 1. The van der Waals surface area contributed by atoms with Gasteiger partial charge in [-0.05, 0) is 49.3 Å². The monoisotopic (exact) mass is 264 g/mol. The summed E-state index contributed by atoms with van der Waals surface area (Å²) in [5, 5.41) is 0.839. The van der Waals surface area contributed by atoms with Crippen molar-refractivity contribution in [1.29, 1.82) is 0 Å². The Kier molecular flexibility index (Phi) is 3.60. The maximum Gasteiger partial charge on any atom is 0.0408 e. The fourth-order valence-electron chi connectivity index (χ4n) is 3.17. The zero-order valence-electron chi connectivity index (χ0n) is 10.7. The van der Waals surface area contributed by atoms with Gasteiger partial charge in [0, 0.05) is 30.2 Å². The SMILES string of the molecule is NC1CC(Cc2cccc(Cl)c2)CN(C2CC2)C1. The highest BCUT2D eigenvalue weighted by Crippen LogP contribution is 2.31. The minimum atomic E-state index is 0.350. The van der Waals surface area contributed by atoms with E-state index in [-0.39, 0.29) is 0 Å². The van der Waals surface area contributed by atoms with Gasteiger partial charge in [-0.1, -0.05) is 23.7 Å². The molecule has 2 N–H and O–H groups in total. The molecule has 1 aliphatic heterocycles. The van der Waals surface area contributed by atoms with E-state index in [0.29, 0.717) is 12.0 Å². The van der Waals surface area contributed by atoms with Crippen molar-refractivity contribution in [2.24, 2.45) is 11.7 Å². The average Bonchev–Trinajstić information content (AvgIpc) is 3.11. The smallest absolute Gasteiger partial charge is 0.0408 e. The fraction of sp³-hybridized carbons (Fsp3) is 0.600. The van der Waals surface area contributed by atoms with Gasteiger partial charge in [0.1, 0.15) is 0 Å². The van der Waals surface area contributed by atoms with Crippen LogP contribution in [0.5, 0.6) is 0 Å². The highest BCUT2D eigenvalue weighted by atomic mass is 35.5. The summed E-state index contributed by atoms with van der Waals surface area (Å²) in [5.41, 5.74) is 7.54. The number of likely N-dealkylation sites (tertiary alicyclic amines) is 1. The predicted octanol–water partition coefficient (Wildman–Crippen LogP) is 2.69. The lowest BCUT2D eigenvalue weighted by Gasteiger charge is -2.36. The molecule has 18 heavy (non-hydrogen) atoms. The molecule has 1 aromatic rings. The lowest BCUT2D eigenvalue weighted by Crippen LogP contribution is -2.48. The van der Waals surface area contributed by atoms with Crippen LogP contribution in [0.4, 0.5) is 0 Å². The Balaban J connectivity index is 1.64. The summed E-state index contributed by atoms with van der Waals surface area (Å²) in [6.07, 6.45) is 5.00. The van der Waals surface area contributed by atoms with Gasteiger partial charge in [0.25, 0.3) is 0 Å². The molecule has 3 rings (SSSR count). The van der Waals surface area contributed by atoms with Crippen molar-refractivity contribution in [3.63, 3.8) is 0 Å². The number of hydrogen-bond donors (Lipinski definition) is 1. The van der Waals surface area contributed by atoms with Gasteiger partial charge in [0.15, 0.2) is 0 Å². The van der Waals surface area contributed by atoms with Crippen LogP contribution in [-0.2, 0) is 6.42 Å². The van der Waals surface area contributed by atoms with Gasteiger partial charge in [-0.2, -0.15) is 0 Å². The van der Waals surface area contributed by atoms with Crippen molar-refractivity contribution in [1.82, 2.24) is 4.90 Å². The van der Waals surface area contributed by atoms with Gasteiger partial charge in [-0.25, -0.2) is 0 Å². The third kappa shape index (κ3) is 3.05. The first-order valence-corrected chi connectivity index (χ1v) is 7.32. The van der Waals surface area contributed by atoms with Gasteiger partial charge in [-0.15, -0.1) is 0 Å². The van der Waals surface area contributed by atoms with E-state index >= 15 is 0 Å². The van der Waals surface area contributed by atoms with Crippen molar-refractivity contribution < 1.29 is 0 Å². The molecule has 2 nitrogen and oxygen atoms in total. The summed E-state index contributed by atoms with van der Waals surface area (Å²) in [5.74, 6) is 0.688. The Labute approximate surface area is 114 Å². The molecule has 0 aromatic heterocycles. The zero-order valence-corrected chi connectivity index (χ0v) is 11.4. The van der Waals surface area contributed by atoms with E-state index in [2.05, 4.69) is 17.0 Å². The molecule has 2 aliphatic rings. The molecule has 2 unspecified atom stereocenters. The van der Waals surface area contributed by atoms with E-state index in [1.54, 1.807) is 0 Å². The summed E-state index contributed by atoms with van der Waals surface area (Å²) in [7, 11) is 0. The van der Waals surface area contributed by atoms with Crippen molar-refractivity contribution in [3.05, 3.63) is 34.9 Å². The van der Waals surface area contributed by atoms with E-state index in [1.165, 1.54) is 24.9 Å². The van der Waals surface area contributed by atoms with Crippen LogP contribution in [-0.4, -0.2) is 30.1 Å². The molecular formula is C15H21ClN2. The van der Waals surface area contributed by atoms with Crippen LogP contribution < -0.4 is 5.73 Å². The molecular weight excluding hydrogens is 244 g/mol. The molecule has 2 atom stereocenters. The van der Waals surface area contributed by atoms with E-state index in [1.807, 2.05) is 12.1 Å². The molecule has 0 amide bonds. The Morgan fingerprint density at radius 3 is 2.83 bits per heavy atom. The summed E-state index contributed by atoms with van der Waals surface area (Å²) in [6, 6.07) is 9.42. The van der Waals surface area contributed by atoms with E-state index in [9.17, 15) is 0 Å². The lowest BCUT2D eigenvalue weighted by molar-refractivity contribution is 0.148. The maximum absolute atomic E-state index is 6.20. The van der Waals surface area contributed by atoms with Gasteiger partial charge < -0.3 is 5.73 Å². The number of halogens is 1. The van der Waals surface area contributed by atoms with Crippen LogP contribution in [0.25, 0.3) is 0 Å². The van der Waals surface area contributed by atoms with Gasteiger partial charge in [-0.3, -0.25) is 4.90 Å². The van der Waals surface area contributed by atoms with E-state index in [4.69, 9.17) is 17.3 Å². The number of nitrogens with two attached hydrogens (primary N) is 1. The molecule has 1 saturated carbocycles. The fourth-order valence-corrected chi connectivity index (χ4v) is 3.38. The normalized spacial score (nSPS) is 29.4. The first-order valence-electron chi connectivity index (χ1n) is 6.95. The highest BCUT2D eigenvalue weighted by Gasteiger charge is 2.34. The third-order valence-corrected chi connectivity index (χ3v) is 4.31. The van der Waals surface area contributed by atoms with Crippen LogP contribution in [0.3, 0.4) is 0 Å². The summed E-state index contributed by atoms with van der Waals surface area (Å²) < 4.78 is 0. The second-order valence-corrected chi connectivity index (χ2v) is 6.32. The minimum absolute atomic E-state index is 0.350. The molecule has 1 saturated heterocycles. The van der Waals surface area contributed by atoms with Crippen molar-refractivity contribution in [2.75, 3.05) is 13.1 Å². The Hall–Kier alpha value is -0.570. The standard InChI is InChI=1S/C15H21ClN2/c16-13-3-1-2-11(7-13)6-12-8-14(17)10-18(9-12)15-4-5-15/h1-3,7,12,14-15H,4-6,8-10,17H2. The minimum Gasteiger partial charge on any atom is -0.327 e. The number of hydrogen-bond acceptors (Lipinski definition) is 2. The molecule has 0 spiro atoms. The first-order chi connectivity index (χ1) is 8.70. The largest absolute Gasteiger partial charge is 0.327 e. The lowest BCUT2D eigenvalue weighted by atomic mass is 9.89. The summed E-state index contributed by atoms with van der Waals surface area (Å²) in [4.78, 5) is 2.60. The summed E-state index contributed by atoms with van der Waals surface area (Å²) in [6.45, 7) is 2.31. The summed E-state index contributed by atoms with van der Waals surface area (Å²) >= 11 is 6.05. The number of piperidine rings is 1. The zero-order chi connectivity index (χ0) is 12.5. The van der Waals surface area contributed by atoms with Crippen LogP contribution in [0.15, 0.2) is 24.3 Å². The van der Waals surface area contributed by atoms with Gasteiger partial charge in [0.2, 0.25) is 0 Å². The van der Waals surface area contributed by atoms with Crippen molar-refractivity contribution >= 4 is 11.6 Å². The van der Waals surface area contributed by atoms with Crippen molar-refractivity contribution in [3.8, 4) is 0 Å². The van der Waals surface area contributed by atoms with E-state index in [0.717, 1.165) is 30.5 Å². The highest BCUT2D eigenvalue weighted by molar-refractivity contribution is 6.30. The molecule has 2 fully saturated rings. The van der Waals surface area contributed by atoms with Crippen LogP contribution in [0.2, 0.25) is 5.02 Å². The molecule has 1 aromatic carbocycles. The van der Waals surface area contributed by atoms with Gasteiger partial charge >= 0.3 is 0 Å². The Bertz CT molecular complexity index is 417. The maximum atomic E-state index is 6.20. The average molecular weight is 265 g/mol. The molecule has 0 radical (unpaired) electrons.